The van der Waals surface area contributed by atoms with E-state index >= 15 is 0 Å². The molecule has 8 heteroatoms. The van der Waals surface area contributed by atoms with Gasteiger partial charge in [-0.2, -0.15) is 4.31 Å². The number of carbonyl (C=O) groups is 1. The van der Waals surface area contributed by atoms with Crippen molar-refractivity contribution >= 4 is 27.3 Å². The van der Waals surface area contributed by atoms with Gasteiger partial charge in [-0.3, -0.25) is 4.79 Å². The number of ether oxygens (including phenoxy) is 1. The molecule has 31 heavy (non-hydrogen) atoms. The SMILES string of the molecule is COc1ccc(S(=O)(=O)N2CCC(C(=O)Nc3ccccc3N3CCCC3)CC2)cc1. The molecule has 1 amide bonds. The van der Waals surface area contributed by atoms with Crippen LogP contribution in [0.3, 0.4) is 0 Å². The first-order chi connectivity index (χ1) is 15.0. The lowest BCUT2D eigenvalue weighted by atomic mass is 9.97. The summed E-state index contributed by atoms with van der Waals surface area (Å²) in [6.07, 6.45) is 3.35. The van der Waals surface area contributed by atoms with Crippen molar-refractivity contribution in [3.05, 3.63) is 48.5 Å². The number of para-hydroxylation sites is 2. The molecule has 2 aliphatic rings. The Morgan fingerprint density at radius 1 is 0.968 bits per heavy atom. The molecule has 2 heterocycles. The highest BCUT2D eigenvalue weighted by Gasteiger charge is 2.32. The van der Waals surface area contributed by atoms with Crippen LogP contribution in [0.4, 0.5) is 11.4 Å². The molecule has 2 aromatic rings. The molecule has 2 aromatic carbocycles. The highest BCUT2D eigenvalue weighted by molar-refractivity contribution is 7.89. The number of anilines is 2. The number of methoxy groups -OCH3 is 1. The fraction of sp³-hybridized carbons (Fsp3) is 0.435. The highest BCUT2D eigenvalue weighted by atomic mass is 32.2. The Labute approximate surface area is 184 Å². The first-order valence-corrected chi connectivity index (χ1v) is 12.2. The van der Waals surface area contributed by atoms with Gasteiger partial charge in [0.05, 0.1) is 23.4 Å². The minimum Gasteiger partial charge on any atom is -0.497 e. The monoisotopic (exact) mass is 443 g/mol. The first kappa shape index (κ1) is 21.6. The molecule has 0 unspecified atom stereocenters. The van der Waals surface area contributed by atoms with E-state index in [0.717, 1.165) is 24.5 Å². The van der Waals surface area contributed by atoms with Gasteiger partial charge in [0.25, 0.3) is 0 Å². The van der Waals surface area contributed by atoms with Crippen LogP contribution in [0.5, 0.6) is 5.75 Å². The Morgan fingerprint density at radius 2 is 1.61 bits per heavy atom. The van der Waals surface area contributed by atoms with Crippen LogP contribution in [0.25, 0.3) is 0 Å². The van der Waals surface area contributed by atoms with E-state index in [-0.39, 0.29) is 16.7 Å². The Morgan fingerprint density at radius 3 is 2.26 bits per heavy atom. The predicted molar refractivity (Wildman–Crippen MR) is 121 cm³/mol. The van der Waals surface area contributed by atoms with Crippen molar-refractivity contribution in [2.75, 3.05) is 43.5 Å². The average Bonchev–Trinajstić information content (AvgIpc) is 3.34. The quantitative estimate of drug-likeness (QED) is 0.741. The van der Waals surface area contributed by atoms with Crippen molar-refractivity contribution in [2.24, 2.45) is 5.92 Å². The molecule has 2 aliphatic heterocycles. The van der Waals surface area contributed by atoms with E-state index in [9.17, 15) is 13.2 Å². The normalized spacial score (nSPS) is 18.2. The van der Waals surface area contributed by atoms with Gasteiger partial charge in [0, 0.05) is 32.1 Å². The molecule has 4 rings (SSSR count). The van der Waals surface area contributed by atoms with Crippen LogP contribution in [0.15, 0.2) is 53.4 Å². The van der Waals surface area contributed by atoms with Crippen LogP contribution in [0.2, 0.25) is 0 Å². The van der Waals surface area contributed by atoms with Gasteiger partial charge in [-0.25, -0.2) is 8.42 Å². The molecular formula is C23H29N3O4S. The van der Waals surface area contributed by atoms with Gasteiger partial charge in [-0.15, -0.1) is 0 Å². The number of rotatable bonds is 6. The Hall–Kier alpha value is -2.58. The van der Waals surface area contributed by atoms with Crippen LogP contribution < -0.4 is 15.0 Å². The maximum Gasteiger partial charge on any atom is 0.243 e. The van der Waals surface area contributed by atoms with Gasteiger partial charge in [-0.1, -0.05) is 12.1 Å². The number of hydrogen-bond acceptors (Lipinski definition) is 5. The lowest BCUT2D eigenvalue weighted by Gasteiger charge is -2.31. The molecule has 1 N–H and O–H groups in total. The van der Waals surface area contributed by atoms with E-state index in [0.29, 0.717) is 31.7 Å². The third kappa shape index (κ3) is 4.70. The molecule has 0 radical (unpaired) electrons. The summed E-state index contributed by atoms with van der Waals surface area (Å²) < 4.78 is 32.4. The number of benzene rings is 2. The second-order valence-corrected chi connectivity index (χ2v) is 9.99. The largest absolute Gasteiger partial charge is 0.497 e. The van der Waals surface area contributed by atoms with Crippen LogP contribution in [0.1, 0.15) is 25.7 Å². The Bertz CT molecular complexity index is 1010. The number of amides is 1. The van der Waals surface area contributed by atoms with Gasteiger partial charge in [0.15, 0.2) is 0 Å². The summed E-state index contributed by atoms with van der Waals surface area (Å²) in [5.41, 5.74) is 1.90. The Balaban J connectivity index is 1.38. The molecule has 0 bridgehead atoms. The third-order valence-electron chi connectivity index (χ3n) is 6.13. The molecular weight excluding hydrogens is 414 g/mol. The second-order valence-electron chi connectivity index (χ2n) is 8.05. The van der Waals surface area contributed by atoms with E-state index in [1.165, 1.54) is 17.1 Å². The number of hydrogen-bond donors (Lipinski definition) is 1. The van der Waals surface area contributed by atoms with E-state index in [4.69, 9.17) is 4.74 Å². The molecule has 0 aromatic heterocycles. The molecule has 0 spiro atoms. The van der Waals surface area contributed by atoms with Crippen molar-refractivity contribution in [1.82, 2.24) is 4.31 Å². The zero-order valence-corrected chi connectivity index (χ0v) is 18.6. The summed E-state index contributed by atoms with van der Waals surface area (Å²) in [4.78, 5) is 15.5. The van der Waals surface area contributed by atoms with Crippen LogP contribution in [-0.2, 0) is 14.8 Å². The summed E-state index contributed by atoms with van der Waals surface area (Å²) in [6.45, 7) is 2.68. The molecule has 0 atom stereocenters. The smallest absolute Gasteiger partial charge is 0.243 e. The fourth-order valence-electron chi connectivity index (χ4n) is 4.30. The van der Waals surface area contributed by atoms with Crippen LogP contribution in [0, 0.1) is 5.92 Å². The maximum absolute atomic E-state index is 12.9. The first-order valence-electron chi connectivity index (χ1n) is 10.8. The molecule has 166 valence electrons. The molecule has 2 fully saturated rings. The van der Waals surface area contributed by atoms with Gasteiger partial charge in [-0.05, 0) is 62.1 Å². The lowest BCUT2D eigenvalue weighted by molar-refractivity contribution is -0.120. The predicted octanol–water partition coefficient (Wildman–Crippen LogP) is 3.33. The zero-order valence-electron chi connectivity index (χ0n) is 17.8. The minimum atomic E-state index is -3.57. The molecule has 0 aliphatic carbocycles. The maximum atomic E-state index is 12.9. The second kappa shape index (κ2) is 9.28. The van der Waals surface area contributed by atoms with Crippen molar-refractivity contribution in [2.45, 2.75) is 30.6 Å². The number of carbonyl (C=O) groups excluding carboxylic acids is 1. The summed E-state index contributed by atoms with van der Waals surface area (Å²) in [5.74, 6) is 0.380. The zero-order chi connectivity index (χ0) is 21.8. The van der Waals surface area contributed by atoms with E-state index in [1.807, 2.05) is 24.3 Å². The van der Waals surface area contributed by atoms with Crippen molar-refractivity contribution < 1.29 is 17.9 Å². The summed E-state index contributed by atoms with van der Waals surface area (Å²) in [5, 5.41) is 3.09. The third-order valence-corrected chi connectivity index (χ3v) is 8.04. The number of nitrogens with one attached hydrogen (secondary N) is 1. The minimum absolute atomic E-state index is 0.0341. The van der Waals surface area contributed by atoms with Crippen LogP contribution in [-0.4, -0.2) is 51.9 Å². The number of nitrogens with zero attached hydrogens (tertiary/aromatic N) is 2. The lowest BCUT2D eigenvalue weighted by Crippen LogP contribution is -2.41. The number of sulfonamides is 1. The highest BCUT2D eigenvalue weighted by Crippen LogP contribution is 2.30. The van der Waals surface area contributed by atoms with E-state index in [2.05, 4.69) is 10.2 Å². The van der Waals surface area contributed by atoms with Gasteiger partial charge in [0.1, 0.15) is 5.75 Å². The van der Waals surface area contributed by atoms with Gasteiger partial charge < -0.3 is 15.0 Å². The van der Waals surface area contributed by atoms with E-state index < -0.39 is 10.0 Å². The summed E-state index contributed by atoms with van der Waals surface area (Å²) in [7, 11) is -2.03. The summed E-state index contributed by atoms with van der Waals surface area (Å²) >= 11 is 0. The van der Waals surface area contributed by atoms with Crippen molar-refractivity contribution in [3.63, 3.8) is 0 Å². The van der Waals surface area contributed by atoms with Gasteiger partial charge >= 0.3 is 0 Å². The molecule has 7 nitrogen and oxygen atoms in total. The number of piperidine rings is 1. The molecule has 0 saturated carbocycles. The standard InChI is InChI=1S/C23H29N3O4S/c1-30-19-8-10-20(11-9-19)31(28,29)26-16-12-18(13-17-26)23(27)24-21-6-2-3-7-22(21)25-14-4-5-15-25/h2-3,6-11,18H,4-5,12-17H2,1H3,(H,24,27). The van der Waals surface area contributed by atoms with Crippen molar-refractivity contribution in [1.29, 1.82) is 0 Å². The Kier molecular flexibility index (Phi) is 6.48. The van der Waals surface area contributed by atoms with Crippen molar-refractivity contribution in [3.8, 4) is 5.75 Å². The summed E-state index contributed by atoms with van der Waals surface area (Å²) in [6, 6.07) is 14.3. The van der Waals surface area contributed by atoms with Crippen LogP contribution >= 0.6 is 0 Å². The van der Waals surface area contributed by atoms with E-state index in [1.54, 1.807) is 31.4 Å². The topological polar surface area (TPSA) is 79.0 Å². The molecule has 2 saturated heterocycles. The average molecular weight is 444 g/mol. The fourth-order valence-corrected chi connectivity index (χ4v) is 5.77. The van der Waals surface area contributed by atoms with Gasteiger partial charge in [0.2, 0.25) is 15.9 Å².